The Morgan fingerprint density at radius 2 is 1.10 bits per heavy atom. The second-order valence-electron chi connectivity index (χ2n) is 9.48. The second kappa shape index (κ2) is 19.4. The minimum atomic E-state index is -0.314. The van der Waals surface area contributed by atoms with E-state index in [0.717, 1.165) is 12.2 Å². The summed E-state index contributed by atoms with van der Waals surface area (Å²) in [5.74, 6) is 0.928. The van der Waals surface area contributed by atoms with Gasteiger partial charge in [-0.15, -0.1) is 24.0 Å². The minimum Gasteiger partial charge on any atom is -0.489 e. The van der Waals surface area contributed by atoms with Crippen LogP contribution in [0.2, 0.25) is 0 Å². The van der Waals surface area contributed by atoms with Crippen molar-refractivity contribution in [1.82, 2.24) is 0 Å². The number of nitrogens with two attached hydrogens (primary N) is 1. The Bertz CT molecular complexity index is 472. The van der Waals surface area contributed by atoms with E-state index in [1.54, 1.807) is 0 Å². The molecular formula is C27H50INO. The average molecular weight is 532 g/mol. The van der Waals surface area contributed by atoms with Crippen LogP contribution in [-0.4, -0.2) is 11.6 Å². The third-order valence-electron chi connectivity index (χ3n) is 5.92. The number of hydrogen-bond acceptors (Lipinski definition) is 2. The van der Waals surface area contributed by atoms with Crippen molar-refractivity contribution in [2.24, 2.45) is 5.73 Å². The van der Waals surface area contributed by atoms with Crippen molar-refractivity contribution in [3.8, 4) is 5.75 Å². The first kappa shape index (κ1) is 29.7. The van der Waals surface area contributed by atoms with Gasteiger partial charge < -0.3 is 10.5 Å². The van der Waals surface area contributed by atoms with Crippen molar-refractivity contribution in [3.05, 3.63) is 30.3 Å². The lowest BCUT2D eigenvalue weighted by molar-refractivity contribution is 0.117. The quantitative estimate of drug-likeness (QED) is 0.143. The maximum atomic E-state index is 6.36. The van der Waals surface area contributed by atoms with Gasteiger partial charge in [-0.3, -0.25) is 0 Å². The van der Waals surface area contributed by atoms with Crippen LogP contribution in [0.4, 0.5) is 0 Å². The molecule has 176 valence electrons. The lowest BCUT2D eigenvalue weighted by atomic mass is 9.93. The third kappa shape index (κ3) is 16.4. The Morgan fingerprint density at radius 3 is 1.50 bits per heavy atom. The summed E-state index contributed by atoms with van der Waals surface area (Å²) in [6.45, 7) is 6.44. The van der Waals surface area contributed by atoms with Gasteiger partial charge in [0, 0.05) is 5.54 Å². The first-order valence-electron chi connectivity index (χ1n) is 12.5. The highest BCUT2D eigenvalue weighted by atomic mass is 127. The van der Waals surface area contributed by atoms with Gasteiger partial charge in [0.05, 0.1) is 0 Å². The van der Waals surface area contributed by atoms with E-state index in [4.69, 9.17) is 10.5 Å². The molecular weight excluding hydrogens is 481 g/mol. The van der Waals surface area contributed by atoms with E-state index in [9.17, 15) is 0 Å². The van der Waals surface area contributed by atoms with E-state index in [1.807, 2.05) is 30.3 Å². The first-order valence-corrected chi connectivity index (χ1v) is 12.5. The molecule has 0 saturated carbocycles. The predicted octanol–water partition coefficient (Wildman–Crippen LogP) is 9.05. The molecule has 0 aliphatic carbocycles. The number of para-hydroxylation sites is 1. The molecule has 0 spiro atoms. The maximum absolute atomic E-state index is 6.36. The zero-order chi connectivity index (χ0) is 21.2. The third-order valence-corrected chi connectivity index (χ3v) is 5.92. The van der Waals surface area contributed by atoms with Crippen molar-refractivity contribution in [2.75, 3.05) is 0 Å². The average Bonchev–Trinajstić information content (AvgIpc) is 2.70. The van der Waals surface area contributed by atoms with Gasteiger partial charge in [-0.05, 0) is 38.8 Å². The van der Waals surface area contributed by atoms with Gasteiger partial charge in [-0.25, -0.2) is 0 Å². The molecule has 0 aliphatic heterocycles. The largest absolute Gasteiger partial charge is 0.489 e. The summed E-state index contributed by atoms with van der Waals surface area (Å²) >= 11 is 0. The highest BCUT2D eigenvalue weighted by Crippen LogP contribution is 2.22. The van der Waals surface area contributed by atoms with Crippen molar-refractivity contribution in [2.45, 2.75) is 135 Å². The summed E-state index contributed by atoms with van der Waals surface area (Å²) in [5, 5.41) is 0. The normalized spacial score (nSPS) is 12.4. The van der Waals surface area contributed by atoms with Crippen LogP contribution in [0.1, 0.15) is 124 Å². The van der Waals surface area contributed by atoms with Gasteiger partial charge in [0.2, 0.25) is 0 Å². The molecule has 1 unspecified atom stereocenters. The van der Waals surface area contributed by atoms with Gasteiger partial charge in [0.25, 0.3) is 0 Å². The van der Waals surface area contributed by atoms with E-state index < -0.39 is 0 Å². The van der Waals surface area contributed by atoms with Gasteiger partial charge in [-0.2, -0.15) is 0 Å². The van der Waals surface area contributed by atoms with E-state index in [1.165, 1.54) is 96.3 Å². The van der Waals surface area contributed by atoms with Crippen molar-refractivity contribution >= 4 is 24.0 Å². The summed E-state index contributed by atoms with van der Waals surface area (Å²) in [6.07, 6.45) is 22.1. The number of halogens is 1. The Morgan fingerprint density at radius 1 is 0.700 bits per heavy atom. The van der Waals surface area contributed by atoms with Crippen molar-refractivity contribution in [1.29, 1.82) is 0 Å². The van der Waals surface area contributed by atoms with Crippen molar-refractivity contribution < 1.29 is 4.74 Å². The van der Waals surface area contributed by atoms with E-state index >= 15 is 0 Å². The standard InChI is InChI=1S/C27H49NO.HI/c1-4-5-6-7-8-9-10-11-12-13-14-15-16-17-21-24-26(27(2,3)28)29-25-22-19-18-20-23-25;/h18-20,22-23,26H,4-17,21,24,28H2,1-3H3;1H. The van der Waals surface area contributed by atoms with Crippen LogP contribution in [-0.2, 0) is 0 Å². The number of ether oxygens (including phenoxy) is 1. The van der Waals surface area contributed by atoms with Crippen LogP contribution in [0.3, 0.4) is 0 Å². The van der Waals surface area contributed by atoms with Crippen LogP contribution in [0.25, 0.3) is 0 Å². The summed E-state index contributed by atoms with van der Waals surface area (Å²) in [6, 6.07) is 10.1. The summed E-state index contributed by atoms with van der Waals surface area (Å²) in [7, 11) is 0. The highest BCUT2D eigenvalue weighted by molar-refractivity contribution is 14.0. The van der Waals surface area contributed by atoms with Gasteiger partial charge in [0.15, 0.2) is 0 Å². The number of unbranched alkanes of at least 4 members (excludes halogenated alkanes) is 14. The maximum Gasteiger partial charge on any atom is 0.119 e. The Labute approximate surface area is 205 Å². The summed E-state index contributed by atoms with van der Waals surface area (Å²) in [5.41, 5.74) is 6.05. The van der Waals surface area contributed by atoms with Gasteiger partial charge in [0.1, 0.15) is 11.9 Å². The fourth-order valence-corrected chi connectivity index (χ4v) is 3.95. The predicted molar refractivity (Wildman–Crippen MR) is 144 cm³/mol. The Hall–Kier alpha value is -0.290. The van der Waals surface area contributed by atoms with Crippen LogP contribution in [0.5, 0.6) is 5.75 Å². The molecule has 0 heterocycles. The Balaban J connectivity index is 0.00000841. The topological polar surface area (TPSA) is 35.2 Å². The fraction of sp³-hybridized carbons (Fsp3) is 0.778. The molecule has 2 N–H and O–H groups in total. The van der Waals surface area contributed by atoms with Crippen LogP contribution in [0, 0.1) is 0 Å². The lowest BCUT2D eigenvalue weighted by Gasteiger charge is -2.31. The van der Waals surface area contributed by atoms with E-state index in [-0.39, 0.29) is 35.6 Å². The van der Waals surface area contributed by atoms with E-state index in [2.05, 4.69) is 20.8 Å². The first-order chi connectivity index (χ1) is 14.0. The molecule has 0 fully saturated rings. The second-order valence-corrected chi connectivity index (χ2v) is 9.48. The van der Waals surface area contributed by atoms with E-state index in [0.29, 0.717) is 0 Å². The zero-order valence-corrected chi connectivity index (χ0v) is 22.5. The molecule has 0 aliphatic rings. The molecule has 0 radical (unpaired) electrons. The fourth-order valence-electron chi connectivity index (χ4n) is 3.95. The molecule has 2 nitrogen and oxygen atoms in total. The lowest BCUT2D eigenvalue weighted by Crippen LogP contribution is -2.48. The van der Waals surface area contributed by atoms with Gasteiger partial charge in [-0.1, -0.05) is 115 Å². The van der Waals surface area contributed by atoms with Crippen LogP contribution < -0.4 is 10.5 Å². The van der Waals surface area contributed by atoms with Crippen LogP contribution >= 0.6 is 24.0 Å². The molecule has 1 atom stereocenters. The van der Waals surface area contributed by atoms with Crippen molar-refractivity contribution in [3.63, 3.8) is 0 Å². The minimum absolute atomic E-state index is 0. The number of benzene rings is 1. The smallest absolute Gasteiger partial charge is 0.119 e. The molecule has 1 aromatic rings. The Kier molecular flexibility index (Phi) is 19.2. The summed E-state index contributed by atoms with van der Waals surface area (Å²) in [4.78, 5) is 0. The molecule has 3 heteroatoms. The molecule has 0 bridgehead atoms. The monoisotopic (exact) mass is 531 g/mol. The molecule has 1 rings (SSSR count). The zero-order valence-electron chi connectivity index (χ0n) is 20.2. The molecule has 0 aromatic heterocycles. The number of hydrogen-bond donors (Lipinski definition) is 1. The number of rotatable bonds is 19. The summed E-state index contributed by atoms with van der Waals surface area (Å²) < 4.78 is 6.17. The molecule has 30 heavy (non-hydrogen) atoms. The molecule has 1 aromatic carbocycles. The van der Waals surface area contributed by atoms with Crippen LogP contribution in [0.15, 0.2) is 30.3 Å². The molecule has 0 amide bonds. The molecule has 0 saturated heterocycles. The SMILES string of the molecule is CCCCCCCCCCCCCCCCCC(Oc1ccccc1)C(C)(C)N.I. The van der Waals surface area contributed by atoms with Gasteiger partial charge >= 0.3 is 0 Å². The highest BCUT2D eigenvalue weighted by Gasteiger charge is 2.26.